The second kappa shape index (κ2) is 7.60. The largest absolute Gasteiger partial charge is 0.504 e. The third kappa shape index (κ3) is 3.35. The van der Waals surface area contributed by atoms with Crippen LogP contribution < -0.4 is 5.32 Å². The number of benzene rings is 1. The molecule has 3 amide bonds. The van der Waals surface area contributed by atoms with Crippen molar-refractivity contribution in [2.75, 3.05) is 5.32 Å². The number of nitrogens with zero attached hydrogens (tertiary/aromatic N) is 2. The van der Waals surface area contributed by atoms with Crippen LogP contribution in [0.2, 0.25) is 0 Å². The predicted octanol–water partition coefficient (Wildman–Crippen LogP) is 3.43. The molecule has 0 radical (unpaired) electrons. The number of allylic oxidation sites excluding steroid dienone is 2. The van der Waals surface area contributed by atoms with Crippen molar-refractivity contribution < 1.29 is 19.5 Å². The zero-order valence-electron chi connectivity index (χ0n) is 16.4. The number of carbonyl (C=O) groups is 3. The van der Waals surface area contributed by atoms with E-state index in [1.165, 1.54) is 17.2 Å². The van der Waals surface area contributed by atoms with Crippen molar-refractivity contribution in [1.82, 2.24) is 9.88 Å². The van der Waals surface area contributed by atoms with Crippen molar-refractivity contribution in [2.24, 2.45) is 23.7 Å². The lowest BCUT2D eigenvalue weighted by Gasteiger charge is -2.28. The van der Waals surface area contributed by atoms with Gasteiger partial charge in [-0.05, 0) is 48.1 Å². The fourth-order valence-electron chi connectivity index (χ4n) is 5.16. The van der Waals surface area contributed by atoms with E-state index in [9.17, 15) is 19.5 Å². The molecule has 2 aromatic rings. The van der Waals surface area contributed by atoms with Crippen LogP contribution >= 0.6 is 15.9 Å². The smallest absolute Gasteiger partial charge is 0.234 e. The molecule has 3 aliphatic rings. The summed E-state index contributed by atoms with van der Waals surface area (Å²) in [5.74, 6) is -1.44. The van der Waals surface area contributed by atoms with Crippen LogP contribution in [0, 0.1) is 23.7 Å². The number of anilines is 1. The molecular weight excluding hydrogens is 462 g/mol. The van der Waals surface area contributed by atoms with Gasteiger partial charge in [-0.25, -0.2) is 4.98 Å². The van der Waals surface area contributed by atoms with E-state index >= 15 is 0 Å². The molecule has 8 heteroatoms. The third-order valence-electron chi connectivity index (χ3n) is 6.47. The highest BCUT2D eigenvalue weighted by molar-refractivity contribution is 9.10. The van der Waals surface area contributed by atoms with Gasteiger partial charge in [0, 0.05) is 10.7 Å². The van der Waals surface area contributed by atoms with E-state index in [1.54, 1.807) is 6.07 Å². The summed E-state index contributed by atoms with van der Waals surface area (Å²) in [6.07, 6.45) is 6.27. The Morgan fingerprint density at radius 1 is 1.16 bits per heavy atom. The van der Waals surface area contributed by atoms with Gasteiger partial charge in [-0.2, -0.15) is 0 Å². The Labute approximate surface area is 187 Å². The number of hydrogen-bond donors (Lipinski definition) is 2. The number of aromatic nitrogens is 1. The van der Waals surface area contributed by atoms with E-state index in [-0.39, 0.29) is 53.5 Å². The lowest BCUT2D eigenvalue weighted by molar-refractivity contribution is -0.144. The number of amides is 3. The van der Waals surface area contributed by atoms with Crippen molar-refractivity contribution in [3.63, 3.8) is 0 Å². The molecule has 1 aromatic carbocycles. The van der Waals surface area contributed by atoms with E-state index in [4.69, 9.17) is 0 Å². The fraction of sp³-hybridized carbons (Fsp3) is 0.304. The van der Waals surface area contributed by atoms with Crippen LogP contribution in [-0.4, -0.2) is 32.7 Å². The molecule has 31 heavy (non-hydrogen) atoms. The Morgan fingerprint density at radius 3 is 2.52 bits per heavy atom. The van der Waals surface area contributed by atoms with Crippen molar-refractivity contribution in [3.8, 4) is 5.75 Å². The van der Waals surface area contributed by atoms with Crippen LogP contribution in [0.3, 0.4) is 0 Å². The Hall–Kier alpha value is -3.00. The second-order valence-corrected chi connectivity index (χ2v) is 9.16. The Morgan fingerprint density at radius 2 is 1.87 bits per heavy atom. The average Bonchev–Trinajstić information content (AvgIpc) is 3.42. The topological polar surface area (TPSA) is 99.6 Å². The van der Waals surface area contributed by atoms with Crippen LogP contribution in [0.4, 0.5) is 5.82 Å². The van der Waals surface area contributed by atoms with Crippen molar-refractivity contribution in [2.45, 2.75) is 18.9 Å². The molecule has 0 spiro atoms. The van der Waals surface area contributed by atoms with Crippen LogP contribution in [0.25, 0.3) is 0 Å². The van der Waals surface area contributed by atoms with E-state index in [0.29, 0.717) is 5.56 Å². The molecule has 2 heterocycles. The quantitative estimate of drug-likeness (QED) is 0.503. The van der Waals surface area contributed by atoms with Crippen molar-refractivity contribution in [1.29, 1.82) is 0 Å². The van der Waals surface area contributed by atoms with E-state index in [0.717, 1.165) is 10.9 Å². The molecule has 7 nitrogen and oxygen atoms in total. The summed E-state index contributed by atoms with van der Waals surface area (Å²) in [6.45, 7) is 0. The first kappa shape index (κ1) is 19.9. The van der Waals surface area contributed by atoms with Crippen LogP contribution in [0.15, 0.2) is 59.2 Å². The van der Waals surface area contributed by atoms with Gasteiger partial charge in [0.25, 0.3) is 0 Å². The zero-order chi connectivity index (χ0) is 21.7. The van der Waals surface area contributed by atoms with Gasteiger partial charge < -0.3 is 10.4 Å². The van der Waals surface area contributed by atoms with Gasteiger partial charge in [-0.15, -0.1) is 0 Å². The number of rotatable bonds is 5. The Kier molecular flexibility index (Phi) is 4.89. The maximum absolute atomic E-state index is 13.4. The molecule has 2 bridgehead atoms. The minimum atomic E-state index is -0.742. The van der Waals surface area contributed by atoms with Crippen LogP contribution in [-0.2, 0) is 14.4 Å². The van der Waals surface area contributed by atoms with E-state index in [1.807, 2.05) is 36.4 Å². The second-order valence-electron chi connectivity index (χ2n) is 8.24. The summed E-state index contributed by atoms with van der Waals surface area (Å²) >= 11 is 3.43. The molecule has 158 valence electrons. The molecule has 2 fully saturated rings. The maximum atomic E-state index is 13.4. The summed E-state index contributed by atoms with van der Waals surface area (Å²) < 4.78 is 0.791. The summed E-state index contributed by atoms with van der Waals surface area (Å²) in [5, 5.41) is 12.5. The molecule has 5 atom stereocenters. The summed E-state index contributed by atoms with van der Waals surface area (Å²) in [5.41, 5.74) is 0.691. The molecular formula is C23H20BrN3O4. The highest BCUT2D eigenvalue weighted by Crippen LogP contribution is 2.54. The van der Waals surface area contributed by atoms with Gasteiger partial charge in [0.15, 0.2) is 11.6 Å². The standard InChI is InChI=1S/C23H20BrN3O4/c24-15-4-1-3-12(10-15)16(11-18(29)26-21-17(28)5-2-8-25-21)27-22(30)19-13-6-7-14(9-13)20(19)23(27)31/h1-8,10,13-14,16,19-20,28H,9,11H2,(H,25,26,29). The number of hydrogen-bond acceptors (Lipinski definition) is 5. The lowest BCUT2D eigenvalue weighted by Crippen LogP contribution is -2.38. The lowest BCUT2D eigenvalue weighted by atomic mass is 9.85. The fourth-order valence-corrected chi connectivity index (χ4v) is 5.57. The number of aromatic hydroxyl groups is 1. The summed E-state index contributed by atoms with van der Waals surface area (Å²) in [7, 11) is 0. The minimum absolute atomic E-state index is 0.0404. The highest BCUT2D eigenvalue weighted by Gasteiger charge is 2.60. The third-order valence-corrected chi connectivity index (χ3v) is 6.97. The normalized spacial score (nSPS) is 26.9. The number of nitrogens with one attached hydrogen (secondary N) is 1. The van der Waals surface area contributed by atoms with Crippen LogP contribution in [0.5, 0.6) is 5.75 Å². The monoisotopic (exact) mass is 481 g/mol. The number of likely N-dealkylation sites (tertiary alicyclic amines) is 1. The molecule has 1 saturated heterocycles. The van der Waals surface area contributed by atoms with Gasteiger partial charge >= 0.3 is 0 Å². The van der Waals surface area contributed by atoms with Gasteiger partial charge in [-0.1, -0.05) is 40.2 Å². The molecule has 5 unspecified atom stereocenters. The van der Waals surface area contributed by atoms with Crippen LogP contribution in [0.1, 0.15) is 24.4 Å². The van der Waals surface area contributed by atoms with Gasteiger partial charge in [0.1, 0.15) is 0 Å². The van der Waals surface area contributed by atoms with Gasteiger partial charge in [-0.3, -0.25) is 19.3 Å². The number of pyridine rings is 1. The number of carbonyl (C=O) groups excluding carboxylic acids is 3. The molecule has 5 rings (SSSR count). The summed E-state index contributed by atoms with van der Waals surface area (Å²) in [6, 6.07) is 9.52. The average molecular weight is 482 g/mol. The number of fused-ring (bicyclic) bond motifs is 5. The minimum Gasteiger partial charge on any atom is -0.504 e. The van der Waals surface area contributed by atoms with Crippen molar-refractivity contribution >= 4 is 39.5 Å². The first-order chi connectivity index (χ1) is 14.9. The first-order valence-corrected chi connectivity index (χ1v) is 11.0. The Bertz CT molecular complexity index is 1090. The molecule has 2 aliphatic carbocycles. The highest BCUT2D eigenvalue weighted by atomic mass is 79.9. The first-order valence-electron chi connectivity index (χ1n) is 10.2. The molecule has 1 aliphatic heterocycles. The van der Waals surface area contributed by atoms with Crippen molar-refractivity contribution in [3.05, 3.63) is 64.8 Å². The molecule has 1 aromatic heterocycles. The van der Waals surface area contributed by atoms with E-state index < -0.39 is 11.9 Å². The number of imide groups is 1. The molecule has 1 saturated carbocycles. The Balaban J connectivity index is 1.46. The maximum Gasteiger partial charge on any atom is 0.234 e. The number of halogens is 1. The molecule has 2 N–H and O–H groups in total. The van der Waals surface area contributed by atoms with Gasteiger partial charge in [0.05, 0.1) is 24.3 Å². The zero-order valence-corrected chi connectivity index (χ0v) is 18.0. The van der Waals surface area contributed by atoms with Gasteiger partial charge in [0.2, 0.25) is 17.7 Å². The predicted molar refractivity (Wildman–Crippen MR) is 116 cm³/mol. The summed E-state index contributed by atoms with van der Waals surface area (Å²) in [4.78, 5) is 44.8. The van der Waals surface area contributed by atoms with E-state index in [2.05, 4.69) is 26.2 Å². The SMILES string of the molecule is O=C(CC(c1cccc(Br)c1)N1C(=O)C2C3C=CC(C3)C2C1=O)Nc1ncccc1O.